The molecule has 84 valence electrons. The molecule has 0 radical (unpaired) electrons. The van der Waals surface area contributed by atoms with Crippen molar-refractivity contribution in [3.05, 3.63) is 0 Å². The van der Waals surface area contributed by atoms with Crippen molar-refractivity contribution < 1.29 is 0 Å². The van der Waals surface area contributed by atoms with Gasteiger partial charge in [-0.15, -0.1) is 0 Å². The molecule has 3 nitrogen and oxygen atoms in total. The Labute approximate surface area is 88.0 Å². The highest BCUT2D eigenvalue weighted by atomic mass is 15.5. The molecule has 1 rings (SSSR count). The van der Waals surface area contributed by atoms with Gasteiger partial charge in [-0.05, 0) is 12.8 Å². The lowest BCUT2D eigenvalue weighted by molar-refractivity contribution is 0.133. The first-order valence-corrected chi connectivity index (χ1v) is 5.84. The molecule has 0 spiro atoms. The number of nitrogens with two attached hydrogens (primary N) is 1. The zero-order chi connectivity index (χ0) is 10.4. The van der Waals surface area contributed by atoms with Crippen LogP contribution in [0.1, 0.15) is 44.9 Å². The average molecular weight is 199 g/mol. The number of rotatable bonds is 3. The van der Waals surface area contributed by atoms with Crippen LogP contribution in [0.2, 0.25) is 0 Å². The third-order valence-electron chi connectivity index (χ3n) is 3.16. The lowest BCUT2D eigenvalue weighted by Crippen LogP contribution is -2.56. The topological polar surface area (TPSA) is 41.3 Å². The number of hydrogen-bond acceptors (Lipinski definition) is 3. The van der Waals surface area contributed by atoms with Gasteiger partial charge in [0, 0.05) is 26.2 Å². The fourth-order valence-corrected chi connectivity index (χ4v) is 2.42. The fraction of sp³-hybridized carbons (Fsp3) is 1.00. The highest BCUT2D eigenvalue weighted by molar-refractivity contribution is 4.88. The molecule has 0 saturated heterocycles. The molecule has 0 aromatic rings. The minimum Gasteiger partial charge on any atom is -0.329 e. The molecule has 1 fully saturated rings. The van der Waals surface area contributed by atoms with Gasteiger partial charge in [-0.25, -0.2) is 5.43 Å². The number of hydrazine groups is 1. The molecule has 3 N–H and O–H groups in total. The third kappa shape index (κ3) is 3.56. The van der Waals surface area contributed by atoms with E-state index in [1.165, 1.54) is 44.9 Å². The van der Waals surface area contributed by atoms with Crippen molar-refractivity contribution in [1.29, 1.82) is 0 Å². The molecule has 1 aliphatic rings. The number of hydrogen-bond donors (Lipinski definition) is 2. The van der Waals surface area contributed by atoms with Gasteiger partial charge in [0.15, 0.2) is 0 Å². The van der Waals surface area contributed by atoms with E-state index >= 15 is 0 Å². The maximum absolute atomic E-state index is 5.92. The Kier molecular flexibility index (Phi) is 4.85. The van der Waals surface area contributed by atoms with E-state index in [2.05, 4.69) is 24.5 Å². The smallest absolute Gasteiger partial charge is 0.0447 e. The van der Waals surface area contributed by atoms with E-state index in [1.807, 2.05) is 0 Å². The third-order valence-corrected chi connectivity index (χ3v) is 3.16. The summed E-state index contributed by atoms with van der Waals surface area (Å²) >= 11 is 0. The first-order valence-electron chi connectivity index (χ1n) is 5.84. The molecule has 0 amide bonds. The molecule has 0 heterocycles. The van der Waals surface area contributed by atoms with Gasteiger partial charge < -0.3 is 5.73 Å². The monoisotopic (exact) mass is 199 g/mol. The van der Waals surface area contributed by atoms with Gasteiger partial charge in [0.25, 0.3) is 0 Å². The van der Waals surface area contributed by atoms with Crippen LogP contribution in [0, 0.1) is 0 Å². The van der Waals surface area contributed by atoms with E-state index in [-0.39, 0.29) is 5.54 Å². The molecule has 0 aromatic heterocycles. The Morgan fingerprint density at radius 3 is 2.00 bits per heavy atom. The van der Waals surface area contributed by atoms with Crippen LogP contribution in [0.25, 0.3) is 0 Å². The Morgan fingerprint density at radius 2 is 1.57 bits per heavy atom. The predicted octanol–water partition coefficient (Wildman–Crippen LogP) is 1.49. The first-order chi connectivity index (χ1) is 6.68. The second-order valence-corrected chi connectivity index (χ2v) is 4.76. The van der Waals surface area contributed by atoms with Crippen molar-refractivity contribution in [1.82, 2.24) is 10.4 Å². The Hall–Kier alpha value is -0.120. The molecule has 0 unspecified atom stereocenters. The predicted molar refractivity (Wildman–Crippen MR) is 60.9 cm³/mol. The second kappa shape index (κ2) is 5.69. The van der Waals surface area contributed by atoms with Crippen LogP contribution in [0.5, 0.6) is 0 Å². The minimum atomic E-state index is 0.171. The summed E-state index contributed by atoms with van der Waals surface area (Å²) < 4.78 is 0. The van der Waals surface area contributed by atoms with Gasteiger partial charge in [0.2, 0.25) is 0 Å². The van der Waals surface area contributed by atoms with Crippen LogP contribution >= 0.6 is 0 Å². The van der Waals surface area contributed by atoms with Crippen LogP contribution in [0.3, 0.4) is 0 Å². The largest absolute Gasteiger partial charge is 0.329 e. The lowest BCUT2D eigenvalue weighted by atomic mass is 9.84. The van der Waals surface area contributed by atoms with Gasteiger partial charge in [-0.2, -0.15) is 0 Å². The van der Waals surface area contributed by atoms with E-state index < -0.39 is 0 Å². The molecular formula is C11H25N3. The van der Waals surface area contributed by atoms with Gasteiger partial charge in [0.05, 0.1) is 0 Å². The van der Waals surface area contributed by atoms with Crippen molar-refractivity contribution in [3.8, 4) is 0 Å². The van der Waals surface area contributed by atoms with Crippen molar-refractivity contribution in [3.63, 3.8) is 0 Å². The summed E-state index contributed by atoms with van der Waals surface area (Å²) in [5.74, 6) is 0. The van der Waals surface area contributed by atoms with Crippen molar-refractivity contribution in [2.45, 2.75) is 50.5 Å². The molecule has 0 aliphatic heterocycles. The summed E-state index contributed by atoms with van der Waals surface area (Å²) in [5.41, 5.74) is 9.61. The molecule has 0 atom stereocenters. The Bertz CT molecular complexity index is 149. The van der Waals surface area contributed by atoms with Crippen LogP contribution in [-0.4, -0.2) is 31.2 Å². The molecule has 14 heavy (non-hydrogen) atoms. The van der Waals surface area contributed by atoms with E-state index in [0.29, 0.717) is 0 Å². The highest BCUT2D eigenvalue weighted by Crippen LogP contribution is 2.25. The van der Waals surface area contributed by atoms with E-state index in [1.54, 1.807) is 0 Å². The van der Waals surface area contributed by atoms with Crippen molar-refractivity contribution in [2.75, 3.05) is 20.6 Å². The lowest BCUT2D eigenvalue weighted by Gasteiger charge is -2.37. The Balaban J connectivity index is 2.53. The summed E-state index contributed by atoms with van der Waals surface area (Å²) in [6.45, 7) is 0.755. The molecular weight excluding hydrogens is 174 g/mol. The van der Waals surface area contributed by atoms with Crippen molar-refractivity contribution >= 4 is 0 Å². The molecule has 0 bridgehead atoms. The van der Waals surface area contributed by atoms with Crippen molar-refractivity contribution in [2.24, 2.45) is 5.73 Å². The zero-order valence-electron chi connectivity index (χ0n) is 9.68. The van der Waals surface area contributed by atoms with Gasteiger partial charge in [-0.3, -0.25) is 5.01 Å². The van der Waals surface area contributed by atoms with Gasteiger partial charge in [0.1, 0.15) is 0 Å². The zero-order valence-corrected chi connectivity index (χ0v) is 9.68. The molecule has 3 heteroatoms. The van der Waals surface area contributed by atoms with E-state index in [0.717, 1.165) is 6.54 Å². The second-order valence-electron chi connectivity index (χ2n) is 4.76. The van der Waals surface area contributed by atoms with E-state index in [4.69, 9.17) is 5.73 Å². The average Bonchev–Trinajstić information content (AvgIpc) is 2.09. The maximum Gasteiger partial charge on any atom is 0.0447 e. The summed E-state index contributed by atoms with van der Waals surface area (Å²) in [7, 11) is 4.10. The normalized spacial score (nSPS) is 23.1. The Morgan fingerprint density at radius 1 is 1.07 bits per heavy atom. The first kappa shape index (κ1) is 12.0. The molecule has 1 saturated carbocycles. The SMILES string of the molecule is CN(C)NC1(CN)CCCCCCC1. The van der Waals surface area contributed by atoms with Crippen LogP contribution in [0.15, 0.2) is 0 Å². The summed E-state index contributed by atoms with van der Waals surface area (Å²) in [6, 6.07) is 0. The summed E-state index contributed by atoms with van der Waals surface area (Å²) in [6.07, 6.45) is 9.23. The van der Waals surface area contributed by atoms with Crippen LogP contribution in [0.4, 0.5) is 0 Å². The molecule has 1 aliphatic carbocycles. The van der Waals surface area contributed by atoms with Crippen LogP contribution in [-0.2, 0) is 0 Å². The standard InChI is InChI=1S/C11H25N3/c1-14(2)13-11(10-12)8-6-4-3-5-7-9-11/h13H,3-10,12H2,1-2H3. The summed E-state index contributed by atoms with van der Waals surface area (Å²) in [4.78, 5) is 0. The van der Waals surface area contributed by atoms with Crippen LogP contribution < -0.4 is 11.2 Å². The molecule has 0 aromatic carbocycles. The number of nitrogens with one attached hydrogen (secondary N) is 1. The van der Waals surface area contributed by atoms with Gasteiger partial charge in [-0.1, -0.05) is 32.1 Å². The van der Waals surface area contributed by atoms with Gasteiger partial charge >= 0.3 is 0 Å². The highest BCUT2D eigenvalue weighted by Gasteiger charge is 2.28. The number of nitrogens with zero attached hydrogens (tertiary/aromatic N) is 1. The fourth-order valence-electron chi connectivity index (χ4n) is 2.42. The quantitative estimate of drug-likeness (QED) is 0.677. The minimum absolute atomic E-state index is 0.171. The maximum atomic E-state index is 5.92. The van der Waals surface area contributed by atoms with E-state index in [9.17, 15) is 0 Å². The summed E-state index contributed by atoms with van der Waals surface area (Å²) in [5, 5.41) is 2.05.